The van der Waals surface area contributed by atoms with Gasteiger partial charge in [0, 0.05) is 38.3 Å². The van der Waals surface area contributed by atoms with Gasteiger partial charge in [-0.2, -0.15) is 4.31 Å². The lowest BCUT2D eigenvalue weighted by atomic mass is 10.2. The second-order valence-corrected chi connectivity index (χ2v) is 12.4. The number of hydrogen-bond acceptors (Lipinski definition) is 7. The SMILES string of the molecule is C[C@H]1CN(S(=O)(=O)c2ccc(C(=O)NNC(=O)c3ccc(S(=O)(=O)N(C)C)cc3)cc2)C[C@H](C)O1. The van der Waals surface area contributed by atoms with Gasteiger partial charge in [0.2, 0.25) is 20.0 Å². The number of nitrogens with one attached hydrogen (secondary N) is 2. The Hall–Kier alpha value is -2.84. The third-order valence-electron chi connectivity index (χ3n) is 5.33. The number of carbonyl (C=O) groups excluding carboxylic acids is 2. The van der Waals surface area contributed by atoms with Crippen molar-refractivity contribution >= 4 is 31.9 Å². The van der Waals surface area contributed by atoms with Gasteiger partial charge in [-0.15, -0.1) is 0 Å². The van der Waals surface area contributed by atoms with Crippen molar-refractivity contribution < 1.29 is 31.2 Å². The molecule has 3 rings (SSSR count). The Kier molecular flexibility index (Phi) is 7.97. The highest BCUT2D eigenvalue weighted by molar-refractivity contribution is 7.89. The first kappa shape index (κ1) is 26.8. The molecule has 2 atom stereocenters. The van der Waals surface area contributed by atoms with Crippen molar-refractivity contribution in [1.82, 2.24) is 19.5 Å². The van der Waals surface area contributed by atoms with Crippen LogP contribution in [-0.4, -0.2) is 76.7 Å². The van der Waals surface area contributed by atoms with Crippen LogP contribution in [-0.2, 0) is 24.8 Å². The predicted octanol–water partition coefficient (Wildman–Crippen LogP) is 0.810. The molecule has 0 bridgehead atoms. The minimum atomic E-state index is -3.75. The first-order chi connectivity index (χ1) is 16.3. The van der Waals surface area contributed by atoms with Crippen molar-refractivity contribution in [3.63, 3.8) is 0 Å². The molecule has 2 aromatic rings. The minimum Gasteiger partial charge on any atom is -0.373 e. The van der Waals surface area contributed by atoms with Gasteiger partial charge in [0.05, 0.1) is 22.0 Å². The molecule has 2 N–H and O–H groups in total. The van der Waals surface area contributed by atoms with E-state index in [4.69, 9.17) is 4.74 Å². The van der Waals surface area contributed by atoms with Crippen LogP contribution in [0.3, 0.4) is 0 Å². The van der Waals surface area contributed by atoms with Gasteiger partial charge in [0.15, 0.2) is 0 Å². The van der Waals surface area contributed by atoms with Crippen molar-refractivity contribution in [3.05, 3.63) is 59.7 Å². The molecular weight excluding hydrogens is 496 g/mol. The van der Waals surface area contributed by atoms with Gasteiger partial charge < -0.3 is 4.74 Å². The number of amides is 2. The van der Waals surface area contributed by atoms with Crippen molar-refractivity contribution in [2.24, 2.45) is 0 Å². The summed E-state index contributed by atoms with van der Waals surface area (Å²) in [6.07, 6.45) is -0.452. The third kappa shape index (κ3) is 6.05. The molecule has 0 unspecified atom stereocenters. The minimum absolute atomic E-state index is 0.0270. The summed E-state index contributed by atoms with van der Waals surface area (Å²) in [5.74, 6) is -1.30. The Bertz CT molecular complexity index is 1280. The van der Waals surface area contributed by atoms with Gasteiger partial charge in [-0.25, -0.2) is 21.1 Å². The zero-order valence-electron chi connectivity index (χ0n) is 19.8. The molecule has 0 aliphatic carbocycles. The van der Waals surface area contributed by atoms with Crippen LogP contribution in [0.1, 0.15) is 34.6 Å². The van der Waals surface area contributed by atoms with E-state index in [0.717, 1.165) is 4.31 Å². The van der Waals surface area contributed by atoms with Crippen LogP contribution >= 0.6 is 0 Å². The van der Waals surface area contributed by atoms with Crippen LogP contribution in [0.4, 0.5) is 0 Å². The van der Waals surface area contributed by atoms with Gasteiger partial charge in [0.1, 0.15) is 0 Å². The van der Waals surface area contributed by atoms with Crippen LogP contribution in [0.25, 0.3) is 0 Å². The molecule has 0 aromatic heterocycles. The van der Waals surface area contributed by atoms with E-state index >= 15 is 0 Å². The average molecular weight is 525 g/mol. The molecular formula is C22H28N4O7S2. The molecule has 0 saturated carbocycles. The quantitative estimate of drug-likeness (QED) is 0.533. The summed E-state index contributed by atoms with van der Waals surface area (Å²) in [5.41, 5.74) is 4.77. The first-order valence-corrected chi connectivity index (χ1v) is 13.6. The Morgan fingerprint density at radius 1 is 0.800 bits per heavy atom. The van der Waals surface area contributed by atoms with Crippen LogP contribution in [0.15, 0.2) is 58.3 Å². The molecule has 13 heteroatoms. The van der Waals surface area contributed by atoms with Crippen molar-refractivity contribution in [3.8, 4) is 0 Å². The van der Waals surface area contributed by atoms with E-state index < -0.39 is 31.9 Å². The van der Waals surface area contributed by atoms with E-state index in [1.807, 2.05) is 0 Å². The normalized spacial score (nSPS) is 19.3. The molecule has 2 aromatic carbocycles. The lowest BCUT2D eigenvalue weighted by Crippen LogP contribution is -2.48. The Balaban J connectivity index is 1.62. The van der Waals surface area contributed by atoms with Gasteiger partial charge in [-0.1, -0.05) is 0 Å². The molecule has 1 aliphatic rings. The lowest BCUT2D eigenvalue weighted by Gasteiger charge is -2.34. The lowest BCUT2D eigenvalue weighted by molar-refractivity contribution is -0.0440. The number of rotatable bonds is 6. The highest BCUT2D eigenvalue weighted by Gasteiger charge is 2.32. The van der Waals surface area contributed by atoms with E-state index in [0.29, 0.717) is 0 Å². The summed E-state index contributed by atoms with van der Waals surface area (Å²) in [5, 5.41) is 0. The van der Waals surface area contributed by atoms with E-state index in [1.54, 1.807) is 13.8 Å². The number of hydrogen-bond donors (Lipinski definition) is 2. The Morgan fingerprint density at radius 3 is 1.60 bits per heavy atom. The van der Waals surface area contributed by atoms with Gasteiger partial charge >= 0.3 is 0 Å². The molecule has 1 heterocycles. The highest BCUT2D eigenvalue weighted by atomic mass is 32.2. The standard InChI is InChI=1S/C22H28N4O7S2/c1-15-13-26(14-16(2)33-15)35(31,32)20-11-7-18(8-12-20)22(28)24-23-21(27)17-5-9-19(10-6-17)34(29,30)25(3)4/h5-12,15-16H,13-14H2,1-4H3,(H,23,27)(H,24,28)/t15-,16-/m0/s1. The van der Waals surface area contributed by atoms with Crippen LogP contribution < -0.4 is 10.9 Å². The number of carbonyl (C=O) groups is 2. The largest absolute Gasteiger partial charge is 0.373 e. The van der Waals surface area contributed by atoms with Gasteiger partial charge in [0.25, 0.3) is 11.8 Å². The summed E-state index contributed by atoms with van der Waals surface area (Å²) in [4.78, 5) is 24.8. The molecule has 1 saturated heterocycles. The maximum Gasteiger partial charge on any atom is 0.269 e. The van der Waals surface area contributed by atoms with E-state index in [2.05, 4.69) is 10.9 Å². The Morgan fingerprint density at radius 2 is 1.20 bits per heavy atom. The molecule has 0 spiro atoms. The van der Waals surface area contributed by atoms with Crippen molar-refractivity contribution in [1.29, 1.82) is 0 Å². The molecule has 190 valence electrons. The highest BCUT2D eigenvalue weighted by Crippen LogP contribution is 2.21. The maximum atomic E-state index is 12.9. The van der Waals surface area contributed by atoms with Crippen LogP contribution in [0.5, 0.6) is 0 Å². The summed E-state index contributed by atoms with van der Waals surface area (Å²) < 4.78 is 58.1. The monoisotopic (exact) mass is 524 g/mol. The molecule has 2 amide bonds. The topological polar surface area (TPSA) is 142 Å². The number of morpholine rings is 1. The Labute approximate surface area is 205 Å². The number of hydrazine groups is 1. The zero-order chi connectivity index (χ0) is 26.0. The maximum absolute atomic E-state index is 12.9. The predicted molar refractivity (Wildman–Crippen MR) is 127 cm³/mol. The number of nitrogens with zero attached hydrogens (tertiary/aromatic N) is 2. The number of ether oxygens (including phenoxy) is 1. The first-order valence-electron chi connectivity index (χ1n) is 10.7. The number of sulfonamides is 2. The smallest absolute Gasteiger partial charge is 0.269 e. The second kappa shape index (κ2) is 10.4. The van der Waals surface area contributed by atoms with E-state index in [9.17, 15) is 26.4 Å². The average Bonchev–Trinajstić information content (AvgIpc) is 2.81. The zero-order valence-corrected chi connectivity index (χ0v) is 21.4. The molecule has 0 radical (unpaired) electrons. The van der Waals surface area contributed by atoms with E-state index in [1.165, 1.54) is 66.9 Å². The van der Waals surface area contributed by atoms with Gasteiger partial charge in [-0.3, -0.25) is 20.4 Å². The van der Waals surface area contributed by atoms with Gasteiger partial charge in [-0.05, 0) is 62.4 Å². The molecule has 35 heavy (non-hydrogen) atoms. The fraction of sp³-hybridized carbons (Fsp3) is 0.364. The van der Waals surface area contributed by atoms with Crippen LogP contribution in [0, 0.1) is 0 Å². The second-order valence-electron chi connectivity index (χ2n) is 8.32. The summed E-state index contributed by atoms with van der Waals surface area (Å²) in [6, 6.07) is 10.6. The summed E-state index contributed by atoms with van der Waals surface area (Å²) >= 11 is 0. The van der Waals surface area contributed by atoms with Crippen molar-refractivity contribution in [2.45, 2.75) is 35.8 Å². The summed E-state index contributed by atoms with van der Waals surface area (Å²) in [6.45, 7) is 4.09. The fourth-order valence-electron chi connectivity index (χ4n) is 3.50. The van der Waals surface area contributed by atoms with E-state index in [-0.39, 0.29) is 46.2 Å². The molecule has 1 aliphatic heterocycles. The molecule has 11 nitrogen and oxygen atoms in total. The van der Waals surface area contributed by atoms with Crippen molar-refractivity contribution in [2.75, 3.05) is 27.2 Å². The molecule has 1 fully saturated rings. The third-order valence-corrected chi connectivity index (χ3v) is 9.00. The van der Waals surface area contributed by atoms with Crippen LogP contribution in [0.2, 0.25) is 0 Å². The fourth-order valence-corrected chi connectivity index (χ4v) is 5.99. The summed E-state index contributed by atoms with van der Waals surface area (Å²) in [7, 11) is -4.57. The number of benzene rings is 2.